The van der Waals surface area contributed by atoms with Crippen molar-refractivity contribution in [1.29, 1.82) is 0 Å². The highest BCUT2D eigenvalue weighted by Gasteiger charge is 2.68. The Morgan fingerprint density at radius 3 is 1.62 bits per heavy atom. The molecule has 2 atom stereocenters. The summed E-state index contributed by atoms with van der Waals surface area (Å²) in [7, 11) is 0. The standard InChI is InChI=1S/C18H28N2O6/c1-4-15(2,3)12(21)24-16-5-11-6-17(8-16,25-13(19)22)10-18(7-11,9-16)26-14(20)23/h11H,4-10H2,1-3H3,(H2,19,22)(H2,20,23). The number of hydrogen-bond donors (Lipinski definition) is 2. The van der Waals surface area contributed by atoms with Gasteiger partial charge in [-0.15, -0.1) is 0 Å². The lowest BCUT2D eigenvalue weighted by Crippen LogP contribution is -2.69. The lowest BCUT2D eigenvalue weighted by molar-refractivity contribution is -0.261. The summed E-state index contributed by atoms with van der Waals surface area (Å²) in [6, 6.07) is 0. The molecule has 0 aromatic rings. The van der Waals surface area contributed by atoms with E-state index < -0.39 is 34.4 Å². The van der Waals surface area contributed by atoms with Crippen LogP contribution in [0.2, 0.25) is 0 Å². The highest BCUT2D eigenvalue weighted by Crippen LogP contribution is 2.63. The number of amides is 2. The van der Waals surface area contributed by atoms with Gasteiger partial charge in [0.1, 0.15) is 16.8 Å². The molecular formula is C18H28N2O6. The van der Waals surface area contributed by atoms with Gasteiger partial charge in [0.2, 0.25) is 0 Å². The summed E-state index contributed by atoms with van der Waals surface area (Å²) < 4.78 is 17.0. The smallest absolute Gasteiger partial charge is 0.405 e. The first-order chi connectivity index (χ1) is 11.9. The second-order valence-corrected chi connectivity index (χ2v) is 9.03. The van der Waals surface area contributed by atoms with E-state index in [1.54, 1.807) is 0 Å². The molecule has 0 radical (unpaired) electrons. The summed E-state index contributed by atoms with van der Waals surface area (Å²) in [5.41, 5.74) is 7.34. The summed E-state index contributed by atoms with van der Waals surface area (Å²) in [4.78, 5) is 35.8. The van der Waals surface area contributed by atoms with Crippen molar-refractivity contribution in [3.63, 3.8) is 0 Å². The van der Waals surface area contributed by atoms with E-state index in [0.29, 0.717) is 44.9 Å². The molecule has 4 saturated carbocycles. The Balaban J connectivity index is 1.94. The zero-order chi connectivity index (χ0) is 19.4. The van der Waals surface area contributed by atoms with Crippen molar-refractivity contribution in [3.8, 4) is 0 Å². The Morgan fingerprint density at radius 1 is 0.885 bits per heavy atom. The molecule has 8 heteroatoms. The van der Waals surface area contributed by atoms with E-state index in [-0.39, 0.29) is 11.9 Å². The molecule has 0 heterocycles. The molecule has 4 bridgehead atoms. The lowest BCUT2D eigenvalue weighted by atomic mass is 9.50. The predicted octanol–water partition coefficient (Wildman–Crippen LogP) is 2.37. The third kappa shape index (κ3) is 3.21. The SMILES string of the molecule is CCC(C)(C)C(=O)OC12CC3CC(OC(N)=O)(CC(OC(N)=O)(C3)C1)C2. The Bertz CT molecular complexity index is 614. The Labute approximate surface area is 152 Å². The molecule has 146 valence electrons. The molecule has 2 amide bonds. The molecule has 0 saturated heterocycles. The van der Waals surface area contributed by atoms with Gasteiger partial charge in [0.05, 0.1) is 5.41 Å². The van der Waals surface area contributed by atoms with E-state index in [1.807, 2.05) is 20.8 Å². The minimum absolute atomic E-state index is 0.0995. The van der Waals surface area contributed by atoms with Crippen LogP contribution in [0.15, 0.2) is 0 Å². The topological polar surface area (TPSA) is 131 Å². The van der Waals surface area contributed by atoms with Gasteiger partial charge in [-0.1, -0.05) is 6.92 Å². The highest BCUT2D eigenvalue weighted by molar-refractivity contribution is 5.76. The van der Waals surface area contributed by atoms with Gasteiger partial charge in [0.15, 0.2) is 0 Å². The van der Waals surface area contributed by atoms with Crippen molar-refractivity contribution < 1.29 is 28.6 Å². The first-order valence-corrected chi connectivity index (χ1v) is 9.13. The summed E-state index contributed by atoms with van der Waals surface area (Å²) in [5, 5.41) is 0. The number of hydrogen-bond acceptors (Lipinski definition) is 6. The minimum Gasteiger partial charge on any atom is -0.458 e. The largest absolute Gasteiger partial charge is 0.458 e. The van der Waals surface area contributed by atoms with E-state index >= 15 is 0 Å². The third-order valence-corrected chi connectivity index (χ3v) is 6.29. The zero-order valence-corrected chi connectivity index (χ0v) is 15.6. The van der Waals surface area contributed by atoms with E-state index in [2.05, 4.69) is 0 Å². The van der Waals surface area contributed by atoms with Crippen molar-refractivity contribution in [3.05, 3.63) is 0 Å². The second-order valence-electron chi connectivity index (χ2n) is 9.03. The normalized spacial score (nSPS) is 37.9. The summed E-state index contributed by atoms with van der Waals surface area (Å²) in [5.74, 6) is -0.201. The van der Waals surface area contributed by atoms with Crippen LogP contribution in [0.25, 0.3) is 0 Å². The van der Waals surface area contributed by atoms with Crippen LogP contribution >= 0.6 is 0 Å². The highest BCUT2D eigenvalue weighted by atomic mass is 16.6. The van der Waals surface area contributed by atoms with Gasteiger partial charge in [-0.25, -0.2) is 9.59 Å². The van der Waals surface area contributed by atoms with E-state index in [1.165, 1.54) is 0 Å². The molecule has 4 aliphatic carbocycles. The maximum Gasteiger partial charge on any atom is 0.405 e. The van der Waals surface area contributed by atoms with Crippen LogP contribution in [0.4, 0.5) is 9.59 Å². The summed E-state index contributed by atoms with van der Waals surface area (Å²) in [6.07, 6.45) is 1.85. The quantitative estimate of drug-likeness (QED) is 0.566. The molecule has 0 aromatic heterocycles. The lowest BCUT2D eigenvalue weighted by Gasteiger charge is -2.63. The molecule has 26 heavy (non-hydrogen) atoms. The number of rotatable bonds is 5. The van der Waals surface area contributed by atoms with Crippen molar-refractivity contribution in [2.24, 2.45) is 22.8 Å². The maximum atomic E-state index is 12.7. The molecule has 0 aliphatic heterocycles. The molecule has 4 aliphatic rings. The fraction of sp³-hybridized carbons (Fsp3) is 0.833. The fourth-order valence-electron chi connectivity index (χ4n) is 5.42. The monoisotopic (exact) mass is 368 g/mol. The van der Waals surface area contributed by atoms with Gasteiger partial charge in [-0.05, 0) is 45.4 Å². The number of nitrogens with two attached hydrogens (primary N) is 2. The van der Waals surface area contributed by atoms with Gasteiger partial charge < -0.3 is 25.7 Å². The second kappa shape index (κ2) is 5.76. The van der Waals surface area contributed by atoms with Crippen molar-refractivity contribution >= 4 is 18.2 Å². The number of carbonyl (C=O) groups is 3. The summed E-state index contributed by atoms with van der Waals surface area (Å²) >= 11 is 0. The molecule has 0 aromatic carbocycles. The maximum absolute atomic E-state index is 12.7. The fourth-order valence-corrected chi connectivity index (χ4v) is 5.42. The molecule has 0 spiro atoms. The number of esters is 1. The average molecular weight is 368 g/mol. The van der Waals surface area contributed by atoms with Crippen molar-refractivity contribution in [2.45, 2.75) is 82.5 Å². The Kier molecular flexibility index (Phi) is 4.16. The van der Waals surface area contributed by atoms with E-state index in [4.69, 9.17) is 25.7 Å². The van der Waals surface area contributed by atoms with Crippen LogP contribution in [0.5, 0.6) is 0 Å². The Morgan fingerprint density at radius 2 is 1.27 bits per heavy atom. The van der Waals surface area contributed by atoms with Crippen LogP contribution < -0.4 is 11.5 Å². The molecule has 2 unspecified atom stereocenters. The summed E-state index contributed by atoms with van der Waals surface area (Å²) in [6.45, 7) is 5.60. The van der Waals surface area contributed by atoms with E-state index in [0.717, 1.165) is 0 Å². The van der Waals surface area contributed by atoms with Crippen LogP contribution in [0.1, 0.15) is 65.7 Å². The first kappa shape index (κ1) is 18.8. The predicted molar refractivity (Wildman–Crippen MR) is 90.9 cm³/mol. The number of carbonyl (C=O) groups excluding carboxylic acids is 3. The van der Waals surface area contributed by atoms with Gasteiger partial charge >= 0.3 is 18.2 Å². The molecule has 4 rings (SSSR count). The first-order valence-electron chi connectivity index (χ1n) is 9.13. The van der Waals surface area contributed by atoms with Crippen LogP contribution in [-0.4, -0.2) is 35.0 Å². The van der Waals surface area contributed by atoms with Crippen LogP contribution in [0.3, 0.4) is 0 Å². The molecule has 8 nitrogen and oxygen atoms in total. The molecular weight excluding hydrogens is 340 g/mol. The van der Waals surface area contributed by atoms with E-state index in [9.17, 15) is 14.4 Å². The third-order valence-electron chi connectivity index (χ3n) is 6.29. The van der Waals surface area contributed by atoms with Gasteiger partial charge in [-0.3, -0.25) is 4.79 Å². The molecule has 4 fully saturated rings. The van der Waals surface area contributed by atoms with Crippen molar-refractivity contribution in [1.82, 2.24) is 0 Å². The minimum atomic E-state index is -0.892. The van der Waals surface area contributed by atoms with Gasteiger partial charge in [-0.2, -0.15) is 0 Å². The number of primary amides is 2. The zero-order valence-electron chi connectivity index (χ0n) is 15.6. The molecule has 4 N–H and O–H groups in total. The van der Waals surface area contributed by atoms with Gasteiger partial charge in [0, 0.05) is 19.3 Å². The van der Waals surface area contributed by atoms with Gasteiger partial charge in [0.25, 0.3) is 0 Å². The Hall–Kier alpha value is -1.99. The average Bonchev–Trinajstić information content (AvgIpc) is 2.41. The van der Waals surface area contributed by atoms with Crippen LogP contribution in [-0.2, 0) is 19.0 Å². The van der Waals surface area contributed by atoms with Crippen LogP contribution in [0, 0.1) is 11.3 Å². The number of ether oxygens (including phenoxy) is 3. The van der Waals surface area contributed by atoms with Crippen molar-refractivity contribution in [2.75, 3.05) is 0 Å².